The summed E-state index contributed by atoms with van der Waals surface area (Å²) in [7, 11) is 0. The number of esters is 3. The summed E-state index contributed by atoms with van der Waals surface area (Å²) in [4.78, 5) is 80.4. The fourth-order valence-electron chi connectivity index (χ4n) is 5.50. The second kappa shape index (κ2) is 18.1. The Morgan fingerprint density at radius 2 is 1.73 bits per heavy atom. The summed E-state index contributed by atoms with van der Waals surface area (Å²) in [5, 5.41) is 2.81. The van der Waals surface area contributed by atoms with E-state index in [1.165, 1.54) is 18.7 Å². The van der Waals surface area contributed by atoms with Crippen LogP contribution in [0.4, 0.5) is 5.69 Å². The lowest BCUT2D eigenvalue weighted by atomic mass is 9.87. The standard InChI is InChI=1S/C36H51N3O10/c1-7-30(41)47-24-36(5,6)32(43)33(44)39-17-9-8-13-27(39)34(45)48-28(16-18-38-19-21-46-22-20-38)25-11-10-12-26(23-25)37-29(40)14-15-31(42)49-35(2,3)4/h7,10-12,23,27-28H,1,8-9,13-22,24H2,2-6H3,(H,37,40)/t27-,28?/m0/s1. The van der Waals surface area contributed by atoms with Crippen LogP contribution in [0.1, 0.15) is 84.8 Å². The SMILES string of the molecule is C=CC(=O)OCC(C)(C)C(=O)C(=O)N1CCCC[C@H]1C(=O)OC(CCN1CCOCC1)c1cccc(NC(=O)CCC(=O)OC(C)(C)C)c1. The van der Waals surface area contributed by atoms with Crippen LogP contribution in [0.5, 0.6) is 0 Å². The molecule has 0 aromatic heterocycles. The molecular formula is C36H51N3O10. The fraction of sp³-hybridized carbons (Fsp3) is 0.611. The van der Waals surface area contributed by atoms with Crippen molar-refractivity contribution in [3.8, 4) is 0 Å². The van der Waals surface area contributed by atoms with Gasteiger partial charge in [0, 0.05) is 50.8 Å². The van der Waals surface area contributed by atoms with Crippen molar-refractivity contribution < 1.29 is 47.7 Å². The third-order valence-electron chi connectivity index (χ3n) is 8.17. The van der Waals surface area contributed by atoms with E-state index in [0.29, 0.717) is 56.7 Å². The number of Topliss-reactive ketones (excluding diaryl/α,β-unsaturated/α-hetero) is 1. The number of morpholine rings is 1. The number of ether oxygens (including phenoxy) is 4. The van der Waals surface area contributed by atoms with Gasteiger partial charge in [-0.2, -0.15) is 0 Å². The van der Waals surface area contributed by atoms with E-state index in [0.717, 1.165) is 19.2 Å². The van der Waals surface area contributed by atoms with Gasteiger partial charge in [0.15, 0.2) is 0 Å². The highest BCUT2D eigenvalue weighted by Crippen LogP contribution is 2.29. The number of hydrogen-bond acceptors (Lipinski definition) is 11. The van der Waals surface area contributed by atoms with Gasteiger partial charge >= 0.3 is 17.9 Å². The molecule has 0 bridgehead atoms. The average molecular weight is 686 g/mol. The van der Waals surface area contributed by atoms with Crippen LogP contribution in [0.15, 0.2) is 36.9 Å². The van der Waals surface area contributed by atoms with E-state index in [2.05, 4.69) is 16.8 Å². The quantitative estimate of drug-likeness (QED) is 0.124. The Bertz CT molecular complexity index is 1360. The second-order valence-corrected chi connectivity index (χ2v) is 14.0. The molecule has 2 aliphatic rings. The highest BCUT2D eigenvalue weighted by Gasteiger charge is 2.42. The van der Waals surface area contributed by atoms with Gasteiger partial charge in [0.25, 0.3) is 5.91 Å². The summed E-state index contributed by atoms with van der Waals surface area (Å²) in [5.41, 5.74) is -0.855. The van der Waals surface area contributed by atoms with Crippen LogP contribution in [0.3, 0.4) is 0 Å². The Hall–Kier alpha value is -4.10. The van der Waals surface area contributed by atoms with Gasteiger partial charge in [-0.25, -0.2) is 9.59 Å². The number of ketones is 1. The number of carbonyl (C=O) groups is 6. The number of nitrogens with one attached hydrogen (secondary N) is 1. The molecule has 1 N–H and O–H groups in total. The molecule has 13 nitrogen and oxygen atoms in total. The van der Waals surface area contributed by atoms with E-state index in [1.54, 1.807) is 45.0 Å². The van der Waals surface area contributed by atoms with Gasteiger partial charge in [-0.3, -0.25) is 24.1 Å². The third-order valence-corrected chi connectivity index (χ3v) is 8.17. The maximum atomic E-state index is 13.8. The number of carbonyl (C=O) groups excluding carboxylic acids is 6. The molecule has 2 atom stereocenters. The summed E-state index contributed by atoms with van der Waals surface area (Å²) in [6, 6.07) is 6.00. The van der Waals surface area contributed by atoms with Crippen LogP contribution in [0.25, 0.3) is 0 Å². The highest BCUT2D eigenvalue weighted by molar-refractivity contribution is 6.38. The molecule has 3 rings (SSSR count). The van der Waals surface area contributed by atoms with Crippen LogP contribution in [-0.4, -0.2) is 103 Å². The maximum Gasteiger partial charge on any atom is 0.330 e. The molecular weight excluding hydrogens is 634 g/mol. The van der Waals surface area contributed by atoms with Gasteiger partial charge in [0.2, 0.25) is 11.7 Å². The number of piperidine rings is 1. The van der Waals surface area contributed by atoms with Gasteiger partial charge in [0.1, 0.15) is 24.4 Å². The zero-order valence-corrected chi connectivity index (χ0v) is 29.4. The first-order valence-electron chi connectivity index (χ1n) is 16.9. The molecule has 2 aliphatic heterocycles. The molecule has 2 heterocycles. The maximum absolute atomic E-state index is 13.8. The van der Waals surface area contributed by atoms with E-state index in [4.69, 9.17) is 18.9 Å². The number of anilines is 1. The molecule has 13 heteroatoms. The first-order valence-corrected chi connectivity index (χ1v) is 16.9. The van der Waals surface area contributed by atoms with E-state index in [9.17, 15) is 28.8 Å². The van der Waals surface area contributed by atoms with Crippen LogP contribution in [0, 0.1) is 5.41 Å². The molecule has 2 fully saturated rings. The second-order valence-electron chi connectivity index (χ2n) is 14.0. The van der Waals surface area contributed by atoms with Crippen molar-refractivity contribution in [2.45, 2.75) is 90.9 Å². The molecule has 2 saturated heterocycles. The van der Waals surface area contributed by atoms with Crippen molar-refractivity contribution in [3.63, 3.8) is 0 Å². The summed E-state index contributed by atoms with van der Waals surface area (Å²) in [6.07, 6.45) is 2.16. The molecule has 0 saturated carbocycles. The van der Waals surface area contributed by atoms with Crippen LogP contribution in [-0.2, 0) is 47.7 Å². The van der Waals surface area contributed by atoms with Gasteiger partial charge in [0.05, 0.1) is 25.0 Å². The molecule has 0 radical (unpaired) electrons. The molecule has 0 aliphatic carbocycles. The first kappa shape index (κ1) is 39.3. The minimum Gasteiger partial charge on any atom is -0.461 e. The molecule has 0 spiro atoms. The van der Waals surface area contributed by atoms with Crippen LogP contribution < -0.4 is 5.32 Å². The number of rotatable bonds is 15. The minimum absolute atomic E-state index is 0.0632. The smallest absolute Gasteiger partial charge is 0.330 e. The largest absolute Gasteiger partial charge is 0.461 e. The van der Waals surface area contributed by atoms with Crippen LogP contribution >= 0.6 is 0 Å². The van der Waals surface area contributed by atoms with E-state index >= 15 is 0 Å². The summed E-state index contributed by atoms with van der Waals surface area (Å²) in [5.74, 6) is -3.78. The minimum atomic E-state index is -1.32. The summed E-state index contributed by atoms with van der Waals surface area (Å²) < 4.78 is 21.9. The Morgan fingerprint density at radius 1 is 1.02 bits per heavy atom. The number of likely N-dealkylation sites (tertiary alicyclic amines) is 1. The van der Waals surface area contributed by atoms with Gasteiger partial charge in [-0.15, -0.1) is 0 Å². The lowest BCUT2D eigenvalue weighted by Crippen LogP contribution is -2.53. The zero-order chi connectivity index (χ0) is 36.2. The lowest BCUT2D eigenvalue weighted by molar-refractivity contribution is -0.165. The molecule has 270 valence electrons. The van der Waals surface area contributed by atoms with Crippen molar-refractivity contribution in [2.24, 2.45) is 5.41 Å². The normalized spacial score (nSPS) is 17.7. The predicted octanol–water partition coefficient (Wildman–Crippen LogP) is 3.76. The topological polar surface area (TPSA) is 158 Å². The van der Waals surface area contributed by atoms with Crippen molar-refractivity contribution >= 4 is 41.2 Å². The van der Waals surface area contributed by atoms with Crippen molar-refractivity contribution in [2.75, 3.05) is 51.3 Å². The highest BCUT2D eigenvalue weighted by atomic mass is 16.6. The van der Waals surface area contributed by atoms with Crippen molar-refractivity contribution in [1.82, 2.24) is 9.80 Å². The number of hydrogen-bond donors (Lipinski definition) is 1. The van der Waals surface area contributed by atoms with E-state index in [1.807, 2.05) is 0 Å². The Labute approximate surface area is 288 Å². The molecule has 1 unspecified atom stereocenters. The first-order chi connectivity index (χ1) is 23.1. The molecule has 2 amide bonds. The van der Waals surface area contributed by atoms with E-state index in [-0.39, 0.29) is 31.9 Å². The van der Waals surface area contributed by atoms with Crippen LogP contribution in [0.2, 0.25) is 0 Å². The van der Waals surface area contributed by atoms with E-state index < -0.39 is 52.8 Å². The number of benzene rings is 1. The molecule has 49 heavy (non-hydrogen) atoms. The Balaban J connectivity index is 1.75. The monoisotopic (exact) mass is 685 g/mol. The van der Waals surface area contributed by atoms with Gasteiger partial charge < -0.3 is 29.2 Å². The lowest BCUT2D eigenvalue weighted by Gasteiger charge is -2.36. The fourth-order valence-corrected chi connectivity index (χ4v) is 5.50. The zero-order valence-electron chi connectivity index (χ0n) is 29.4. The summed E-state index contributed by atoms with van der Waals surface area (Å²) in [6.45, 7) is 14.8. The third kappa shape index (κ3) is 12.7. The Morgan fingerprint density at radius 3 is 2.41 bits per heavy atom. The number of amides is 2. The molecule has 1 aromatic rings. The molecule has 1 aromatic carbocycles. The van der Waals surface area contributed by atoms with Crippen molar-refractivity contribution in [3.05, 3.63) is 42.5 Å². The number of nitrogens with zero attached hydrogens (tertiary/aromatic N) is 2. The summed E-state index contributed by atoms with van der Waals surface area (Å²) >= 11 is 0. The predicted molar refractivity (Wildman–Crippen MR) is 180 cm³/mol. The van der Waals surface area contributed by atoms with Gasteiger partial charge in [-0.05, 0) is 71.6 Å². The Kier molecular flexibility index (Phi) is 14.5. The van der Waals surface area contributed by atoms with Crippen molar-refractivity contribution in [1.29, 1.82) is 0 Å². The van der Waals surface area contributed by atoms with Gasteiger partial charge in [-0.1, -0.05) is 18.7 Å². The average Bonchev–Trinajstić information content (AvgIpc) is 3.07.